The molecule has 4 nitrogen and oxygen atoms in total. The lowest BCUT2D eigenvalue weighted by Gasteiger charge is -2.18. The SMILES string of the molecule is O=C1CC(CS(=O)(=O)Cl)CN1c1ccc(F)cc1Br. The van der Waals surface area contributed by atoms with E-state index in [1.165, 1.54) is 23.1 Å². The number of hydrogen-bond acceptors (Lipinski definition) is 3. The molecule has 1 fully saturated rings. The number of carbonyl (C=O) groups is 1. The molecule has 0 aromatic heterocycles. The van der Waals surface area contributed by atoms with Gasteiger partial charge in [0.2, 0.25) is 15.0 Å². The Hall–Kier alpha value is -0.660. The van der Waals surface area contributed by atoms with Crippen molar-refractivity contribution in [2.45, 2.75) is 6.42 Å². The van der Waals surface area contributed by atoms with Crippen molar-refractivity contribution in [3.8, 4) is 0 Å². The van der Waals surface area contributed by atoms with Crippen molar-refractivity contribution in [2.75, 3.05) is 17.2 Å². The molecule has 0 radical (unpaired) electrons. The van der Waals surface area contributed by atoms with Gasteiger partial charge in [0.15, 0.2) is 0 Å². The topological polar surface area (TPSA) is 54.5 Å². The van der Waals surface area contributed by atoms with Crippen LogP contribution in [0.3, 0.4) is 0 Å². The number of benzene rings is 1. The fourth-order valence-electron chi connectivity index (χ4n) is 2.11. The van der Waals surface area contributed by atoms with Crippen LogP contribution in [0.25, 0.3) is 0 Å². The number of rotatable bonds is 3. The van der Waals surface area contributed by atoms with Gasteiger partial charge in [-0.2, -0.15) is 0 Å². The summed E-state index contributed by atoms with van der Waals surface area (Å²) in [6.07, 6.45) is 0.121. The van der Waals surface area contributed by atoms with E-state index in [2.05, 4.69) is 15.9 Å². The molecule has 8 heteroatoms. The van der Waals surface area contributed by atoms with Crippen molar-refractivity contribution in [1.29, 1.82) is 0 Å². The number of carbonyl (C=O) groups excluding carboxylic acids is 1. The maximum Gasteiger partial charge on any atom is 0.232 e. The lowest BCUT2D eigenvalue weighted by Crippen LogP contribution is -2.25. The van der Waals surface area contributed by atoms with Crippen LogP contribution in [-0.4, -0.2) is 26.6 Å². The molecule has 1 heterocycles. The lowest BCUT2D eigenvalue weighted by molar-refractivity contribution is -0.117. The molecule has 1 aliphatic heterocycles. The highest BCUT2D eigenvalue weighted by Gasteiger charge is 2.33. The van der Waals surface area contributed by atoms with Crippen LogP contribution in [0.4, 0.5) is 10.1 Å². The summed E-state index contributed by atoms with van der Waals surface area (Å²) >= 11 is 3.19. The van der Waals surface area contributed by atoms with Crippen LogP contribution in [0.2, 0.25) is 0 Å². The molecule has 0 N–H and O–H groups in total. The molecule has 1 saturated heterocycles. The molecule has 1 aromatic carbocycles. The molecule has 1 atom stereocenters. The van der Waals surface area contributed by atoms with Gasteiger partial charge in [-0.05, 0) is 34.1 Å². The van der Waals surface area contributed by atoms with E-state index in [0.717, 1.165) is 0 Å². The molecule has 0 bridgehead atoms. The lowest BCUT2D eigenvalue weighted by atomic mass is 10.1. The molecule has 19 heavy (non-hydrogen) atoms. The van der Waals surface area contributed by atoms with Crippen LogP contribution in [-0.2, 0) is 13.8 Å². The third kappa shape index (κ3) is 3.67. The summed E-state index contributed by atoms with van der Waals surface area (Å²) in [7, 11) is 1.56. The van der Waals surface area contributed by atoms with Crippen molar-refractivity contribution >= 4 is 47.3 Å². The van der Waals surface area contributed by atoms with Gasteiger partial charge in [0, 0.05) is 34.0 Å². The third-order valence-electron chi connectivity index (χ3n) is 2.84. The molecule has 104 valence electrons. The Morgan fingerprint density at radius 3 is 2.74 bits per heavy atom. The van der Waals surface area contributed by atoms with Crippen molar-refractivity contribution in [2.24, 2.45) is 5.92 Å². The quantitative estimate of drug-likeness (QED) is 0.768. The van der Waals surface area contributed by atoms with Crippen LogP contribution in [0.15, 0.2) is 22.7 Å². The summed E-state index contributed by atoms with van der Waals surface area (Å²) < 4.78 is 35.5. The van der Waals surface area contributed by atoms with E-state index in [1.807, 2.05) is 0 Å². The first-order valence-electron chi connectivity index (χ1n) is 5.44. The predicted molar refractivity (Wildman–Crippen MR) is 74.2 cm³/mol. The highest BCUT2D eigenvalue weighted by molar-refractivity contribution is 9.10. The van der Waals surface area contributed by atoms with Crippen LogP contribution in [0, 0.1) is 11.7 Å². The van der Waals surface area contributed by atoms with Gasteiger partial charge in [0.1, 0.15) is 5.82 Å². The van der Waals surface area contributed by atoms with Gasteiger partial charge in [0.25, 0.3) is 0 Å². The van der Waals surface area contributed by atoms with Crippen LogP contribution in [0.1, 0.15) is 6.42 Å². The zero-order chi connectivity index (χ0) is 14.2. The second-order valence-electron chi connectivity index (χ2n) is 4.38. The zero-order valence-corrected chi connectivity index (χ0v) is 12.8. The molecule has 2 rings (SSSR count). The van der Waals surface area contributed by atoms with Gasteiger partial charge >= 0.3 is 0 Å². The Kier molecular flexibility index (Phi) is 4.17. The third-order valence-corrected chi connectivity index (χ3v) is 4.72. The monoisotopic (exact) mass is 369 g/mol. The van der Waals surface area contributed by atoms with E-state index in [4.69, 9.17) is 10.7 Å². The van der Waals surface area contributed by atoms with E-state index >= 15 is 0 Å². The Morgan fingerprint density at radius 1 is 1.47 bits per heavy atom. The fourth-order valence-corrected chi connectivity index (χ4v) is 3.99. The van der Waals surface area contributed by atoms with Crippen molar-refractivity contribution < 1.29 is 17.6 Å². The number of halogens is 3. The van der Waals surface area contributed by atoms with Crippen LogP contribution in [0.5, 0.6) is 0 Å². The van der Waals surface area contributed by atoms with Gasteiger partial charge in [-0.3, -0.25) is 4.79 Å². The van der Waals surface area contributed by atoms with Gasteiger partial charge in [0.05, 0.1) is 11.4 Å². The summed E-state index contributed by atoms with van der Waals surface area (Å²) in [4.78, 5) is 13.3. The highest BCUT2D eigenvalue weighted by atomic mass is 79.9. The summed E-state index contributed by atoms with van der Waals surface area (Å²) in [6, 6.07) is 3.99. The largest absolute Gasteiger partial charge is 0.311 e. The Labute approximate surface area is 123 Å². The highest BCUT2D eigenvalue weighted by Crippen LogP contribution is 2.32. The van der Waals surface area contributed by atoms with Gasteiger partial charge in [-0.1, -0.05) is 0 Å². The molecule has 0 aliphatic carbocycles. The predicted octanol–water partition coefficient (Wildman–Crippen LogP) is 2.51. The molecule has 0 spiro atoms. The van der Waals surface area contributed by atoms with E-state index in [9.17, 15) is 17.6 Å². The average molecular weight is 371 g/mol. The van der Waals surface area contributed by atoms with Gasteiger partial charge in [-0.15, -0.1) is 0 Å². The maximum atomic E-state index is 13.0. The Bertz CT molecular complexity index is 622. The van der Waals surface area contributed by atoms with E-state index < -0.39 is 14.9 Å². The minimum atomic E-state index is -3.63. The summed E-state index contributed by atoms with van der Waals surface area (Å²) in [6.45, 7) is 0.259. The maximum absolute atomic E-state index is 13.0. The van der Waals surface area contributed by atoms with Crippen molar-refractivity contribution in [3.63, 3.8) is 0 Å². The van der Waals surface area contributed by atoms with Crippen molar-refractivity contribution in [3.05, 3.63) is 28.5 Å². The van der Waals surface area contributed by atoms with Gasteiger partial charge < -0.3 is 4.90 Å². The number of nitrogens with zero attached hydrogens (tertiary/aromatic N) is 1. The van der Waals surface area contributed by atoms with E-state index in [-0.39, 0.29) is 30.5 Å². The second-order valence-corrected chi connectivity index (χ2v) is 8.05. The zero-order valence-electron chi connectivity index (χ0n) is 9.64. The molecule has 1 aliphatic rings. The minimum Gasteiger partial charge on any atom is -0.311 e. The second kappa shape index (κ2) is 5.38. The standard InChI is InChI=1S/C11H10BrClFNO3S/c12-9-4-8(14)1-2-10(9)15-5-7(3-11(15)16)6-19(13,17)18/h1-2,4,7H,3,5-6H2. The van der Waals surface area contributed by atoms with Crippen LogP contribution >= 0.6 is 26.6 Å². The molecular weight excluding hydrogens is 361 g/mol. The minimum absolute atomic E-state index is 0.121. The molecular formula is C11H10BrClFNO3S. The Morgan fingerprint density at radius 2 is 2.16 bits per heavy atom. The first-order valence-corrected chi connectivity index (χ1v) is 8.71. The first kappa shape index (κ1) is 14.7. The summed E-state index contributed by atoms with van der Waals surface area (Å²) in [5.41, 5.74) is 0.529. The number of anilines is 1. The fraction of sp³-hybridized carbons (Fsp3) is 0.364. The smallest absolute Gasteiger partial charge is 0.232 e. The number of hydrogen-bond donors (Lipinski definition) is 0. The van der Waals surface area contributed by atoms with E-state index in [1.54, 1.807) is 0 Å². The summed E-state index contributed by atoms with van der Waals surface area (Å²) in [5, 5.41) is 0. The molecule has 1 amide bonds. The number of amides is 1. The molecule has 1 unspecified atom stereocenters. The first-order chi connectivity index (χ1) is 8.76. The molecule has 1 aromatic rings. The van der Waals surface area contributed by atoms with Gasteiger partial charge in [-0.25, -0.2) is 12.8 Å². The normalized spacial score (nSPS) is 20.1. The van der Waals surface area contributed by atoms with E-state index in [0.29, 0.717) is 10.2 Å². The average Bonchev–Trinajstić information content (AvgIpc) is 2.56. The van der Waals surface area contributed by atoms with Crippen LogP contribution < -0.4 is 4.90 Å². The van der Waals surface area contributed by atoms with Crippen molar-refractivity contribution in [1.82, 2.24) is 0 Å². The Balaban J connectivity index is 2.20. The molecule has 0 saturated carbocycles. The summed E-state index contributed by atoms with van der Waals surface area (Å²) in [5.74, 6) is -1.19.